The molecular weight excluding hydrogens is 411 g/mol. The standard InChI is InChI=1S/C20H35N2O5PS/c1-13(2)28(26,27)10-9-21-19(24)16-7-5-15(6-8-16)12-22-18(23)11-17(20(22)25)29-14(3)4/h13-17H,5-12H2,1-4H3,(H,21,24)(H,26,27). The predicted molar refractivity (Wildman–Crippen MR) is 116 cm³/mol. The zero-order valence-electron chi connectivity index (χ0n) is 17.9. The summed E-state index contributed by atoms with van der Waals surface area (Å²) in [7, 11) is -3.20. The van der Waals surface area contributed by atoms with Crippen molar-refractivity contribution < 1.29 is 23.8 Å². The zero-order valence-corrected chi connectivity index (χ0v) is 19.6. The van der Waals surface area contributed by atoms with Crippen LogP contribution in [-0.4, -0.2) is 62.9 Å². The van der Waals surface area contributed by atoms with Crippen LogP contribution >= 0.6 is 19.1 Å². The van der Waals surface area contributed by atoms with Gasteiger partial charge in [0.05, 0.1) is 5.25 Å². The van der Waals surface area contributed by atoms with Crippen LogP contribution in [0.25, 0.3) is 0 Å². The summed E-state index contributed by atoms with van der Waals surface area (Å²) in [5, 5.41) is 2.86. The molecule has 2 rings (SSSR count). The van der Waals surface area contributed by atoms with Gasteiger partial charge in [-0.2, -0.15) is 0 Å². The number of nitrogens with one attached hydrogen (secondary N) is 1. The van der Waals surface area contributed by atoms with Gasteiger partial charge in [-0.3, -0.25) is 23.8 Å². The van der Waals surface area contributed by atoms with Gasteiger partial charge in [-0.25, -0.2) is 0 Å². The molecule has 1 aliphatic heterocycles. The number of rotatable bonds is 9. The van der Waals surface area contributed by atoms with Crippen LogP contribution in [0.2, 0.25) is 0 Å². The van der Waals surface area contributed by atoms with Crippen LogP contribution in [0.3, 0.4) is 0 Å². The summed E-state index contributed by atoms with van der Waals surface area (Å²) in [4.78, 5) is 48.4. The van der Waals surface area contributed by atoms with Crippen molar-refractivity contribution in [3.8, 4) is 0 Å². The Morgan fingerprint density at radius 1 is 1.21 bits per heavy atom. The molecule has 9 heteroatoms. The number of thioether (sulfide) groups is 1. The SMILES string of the molecule is CC(C)SC1CC(=O)N(CC2CCC(C(=O)NCCP(=O)(O)C(C)C)CC2)C1=O. The van der Waals surface area contributed by atoms with Gasteiger partial charge in [-0.05, 0) is 36.9 Å². The molecule has 2 aliphatic rings. The minimum absolute atomic E-state index is 0.0612. The van der Waals surface area contributed by atoms with Crippen LogP contribution in [0.15, 0.2) is 0 Å². The van der Waals surface area contributed by atoms with Gasteiger partial charge in [-0.1, -0.05) is 27.7 Å². The molecule has 2 unspecified atom stereocenters. The lowest BCUT2D eigenvalue weighted by Crippen LogP contribution is -2.39. The molecule has 0 aromatic rings. The lowest BCUT2D eigenvalue weighted by molar-refractivity contribution is -0.139. The highest BCUT2D eigenvalue weighted by Gasteiger charge is 2.40. The molecule has 2 atom stereocenters. The Hall–Kier alpha value is -0.850. The van der Waals surface area contributed by atoms with E-state index >= 15 is 0 Å². The first-order chi connectivity index (χ1) is 13.5. The molecule has 2 fully saturated rings. The van der Waals surface area contributed by atoms with Crippen molar-refractivity contribution in [1.29, 1.82) is 0 Å². The average Bonchev–Trinajstić information content (AvgIpc) is 2.88. The fourth-order valence-electron chi connectivity index (χ4n) is 3.89. The van der Waals surface area contributed by atoms with Crippen molar-refractivity contribution in [3.63, 3.8) is 0 Å². The molecule has 7 nitrogen and oxygen atoms in total. The Bertz CT molecular complexity index is 661. The van der Waals surface area contributed by atoms with Crippen LogP contribution < -0.4 is 5.32 Å². The Labute approximate surface area is 178 Å². The second-order valence-corrected chi connectivity index (χ2v) is 13.6. The molecule has 0 bridgehead atoms. The maximum absolute atomic E-state index is 12.5. The highest BCUT2D eigenvalue weighted by Crippen LogP contribution is 2.45. The van der Waals surface area contributed by atoms with E-state index in [4.69, 9.17) is 0 Å². The van der Waals surface area contributed by atoms with Gasteiger partial charge in [0.25, 0.3) is 0 Å². The third-order valence-electron chi connectivity index (χ3n) is 5.84. The first kappa shape index (κ1) is 24.4. The van der Waals surface area contributed by atoms with E-state index in [1.54, 1.807) is 25.6 Å². The normalized spacial score (nSPS) is 27.6. The van der Waals surface area contributed by atoms with Crippen LogP contribution in [0.1, 0.15) is 59.8 Å². The number of amides is 3. The van der Waals surface area contributed by atoms with Gasteiger partial charge in [0.2, 0.25) is 25.1 Å². The fourth-order valence-corrected chi connectivity index (χ4v) is 5.97. The molecule has 0 aromatic heterocycles. The van der Waals surface area contributed by atoms with Crippen molar-refractivity contribution >= 4 is 36.9 Å². The van der Waals surface area contributed by atoms with Gasteiger partial charge < -0.3 is 10.2 Å². The van der Waals surface area contributed by atoms with E-state index in [1.165, 1.54) is 4.90 Å². The second-order valence-electron chi connectivity index (χ2n) is 8.80. The highest BCUT2D eigenvalue weighted by atomic mass is 32.2. The summed E-state index contributed by atoms with van der Waals surface area (Å²) in [6.07, 6.45) is 3.45. The van der Waals surface area contributed by atoms with Crippen molar-refractivity contribution in [2.45, 2.75) is 76.0 Å². The number of carbonyl (C=O) groups is 3. The Morgan fingerprint density at radius 3 is 2.38 bits per heavy atom. The number of hydrogen-bond donors (Lipinski definition) is 2. The molecule has 2 N–H and O–H groups in total. The first-order valence-electron chi connectivity index (χ1n) is 10.6. The monoisotopic (exact) mass is 446 g/mol. The minimum atomic E-state index is -3.20. The van der Waals surface area contributed by atoms with E-state index in [1.807, 2.05) is 13.8 Å². The molecule has 1 saturated carbocycles. The van der Waals surface area contributed by atoms with Crippen molar-refractivity contribution in [3.05, 3.63) is 0 Å². The molecule has 29 heavy (non-hydrogen) atoms. The molecule has 3 amide bonds. The number of nitrogens with zero attached hydrogens (tertiary/aromatic N) is 1. The highest BCUT2D eigenvalue weighted by molar-refractivity contribution is 8.01. The topological polar surface area (TPSA) is 104 Å². The fraction of sp³-hybridized carbons (Fsp3) is 0.850. The largest absolute Gasteiger partial charge is 0.355 e. The predicted octanol–water partition coefficient (Wildman–Crippen LogP) is 2.86. The number of hydrogen-bond acceptors (Lipinski definition) is 5. The zero-order chi connectivity index (χ0) is 21.8. The summed E-state index contributed by atoms with van der Waals surface area (Å²) in [6.45, 7) is 8.16. The summed E-state index contributed by atoms with van der Waals surface area (Å²) in [5.41, 5.74) is -0.301. The Balaban J connectivity index is 1.75. The maximum atomic E-state index is 12.5. The van der Waals surface area contributed by atoms with E-state index < -0.39 is 7.37 Å². The summed E-state index contributed by atoms with van der Waals surface area (Å²) in [5.74, 6) is -0.0568. The second kappa shape index (κ2) is 10.5. The van der Waals surface area contributed by atoms with E-state index in [9.17, 15) is 23.8 Å². The number of carbonyl (C=O) groups excluding carboxylic acids is 3. The van der Waals surface area contributed by atoms with Crippen LogP contribution in [0, 0.1) is 11.8 Å². The summed E-state index contributed by atoms with van der Waals surface area (Å²) in [6, 6.07) is 0. The van der Waals surface area contributed by atoms with Crippen LogP contribution in [-0.2, 0) is 18.9 Å². The van der Waals surface area contributed by atoms with Gasteiger partial charge in [0, 0.05) is 37.2 Å². The Morgan fingerprint density at radius 2 is 1.83 bits per heavy atom. The molecule has 1 saturated heterocycles. The molecule has 1 aliphatic carbocycles. The molecule has 166 valence electrons. The van der Waals surface area contributed by atoms with Crippen LogP contribution in [0.4, 0.5) is 0 Å². The third-order valence-corrected chi connectivity index (χ3v) is 9.55. The lowest BCUT2D eigenvalue weighted by atomic mass is 9.81. The van der Waals surface area contributed by atoms with Crippen molar-refractivity contribution in [2.75, 3.05) is 19.3 Å². The number of imide groups is 1. The molecule has 0 radical (unpaired) electrons. The van der Waals surface area contributed by atoms with E-state index in [-0.39, 0.29) is 53.2 Å². The first-order valence-corrected chi connectivity index (χ1v) is 13.5. The quantitative estimate of drug-likeness (QED) is 0.417. The van der Waals surface area contributed by atoms with Crippen molar-refractivity contribution in [1.82, 2.24) is 10.2 Å². The molecule has 0 aromatic carbocycles. The lowest BCUT2D eigenvalue weighted by Gasteiger charge is -2.30. The van der Waals surface area contributed by atoms with E-state index in [0.29, 0.717) is 18.2 Å². The van der Waals surface area contributed by atoms with Crippen LogP contribution in [0.5, 0.6) is 0 Å². The summed E-state index contributed by atoms with van der Waals surface area (Å²) >= 11 is 1.55. The molecule has 1 heterocycles. The minimum Gasteiger partial charge on any atom is -0.355 e. The smallest absolute Gasteiger partial charge is 0.242 e. The van der Waals surface area contributed by atoms with Gasteiger partial charge >= 0.3 is 0 Å². The van der Waals surface area contributed by atoms with Gasteiger partial charge in [0.15, 0.2) is 0 Å². The molecular formula is C20H35N2O5PS. The van der Waals surface area contributed by atoms with E-state index in [2.05, 4.69) is 5.32 Å². The number of likely N-dealkylation sites (tertiary alicyclic amines) is 1. The average molecular weight is 447 g/mol. The summed E-state index contributed by atoms with van der Waals surface area (Å²) < 4.78 is 12.0. The molecule has 0 spiro atoms. The van der Waals surface area contributed by atoms with Crippen molar-refractivity contribution in [2.24, 2.45) is 11.8 Å². The van der Waals surface area contributed by atoms with Gasteiger partial charge in [-0.15, -0.1) is 11.8 Å². The Kier molecular flexibility index (Phi) is 8.80. The van der Waals surface area contributed by atoms with Gasteiger partial charge in [0.1, 0.15) is 0 Å². The van der Waals surface area contributed by atoms with E-state index in [0.717, 1.165) is 25.7 Å². The maximum Gasteiger partial charge on any atom is 0.242 e. The third kappa shape index (κ3) is 6.83.